The molecule has 0 spiro atoms. The van der Waals surface area contributed by atoms with Gasteiger partial charge in [-0.2, -0.15) is 4.31 Å². The fourth-order valence-corrected chi connectivity index (χ4v) is 4.57. The standard InChI is InChI=1S/C14H25N3O12P2/c1-17(2,3)6-7-26-30(22,23)29-31(24,25)27-8-9-11(19)12(20)13(28-9)16-5-4-10(18)15-14(16)21/h4-5,9,11-13,19-20H,6-8H2,1-3H3,(H2-,15,18,21,22,23,24,25)/p+1/t9-,11-,12-,13-/m1/s1. The number of phosphoric acid groups is 2. The number of hydrogen-bond donors (Lipinski definition) is 5. The number of phosphoric ester groups is 2. The van der Waals surface area contributed by atoms with Gasteiger partial charge >= 0.3 is 21.3 Å². The molecule has 1 fully saturated rings. The van der Waals surface area contributed by atoms with Crippen LogP contribution in [0.15, 0.2) is 21.9 Å². The summed E-state index contributed by atoms with van der Waals surface area (Å²) in [6, 6.07) is 0.987. The lowest BCUT2D eigenvalue weighted by molar-refractivity contribution is -0.870. The highest BCUT2D eigenvalue weighted by Gasteiger charge is 2.46. The number of likely N-dealkylation sites (N-methyl/N-ethyl adjacent to an activating group) is 1. The smallest absolute Gasteiger partial charge is 0.387 e. The molecular weight excluding hydrogens is 464 g/mol. The van der Waals surface area contributed by atoms with Crippen LogP contribution in [0.2, 0.25) is 0 Å². The summed E-state index contributed by atoms with van der Waals surface area (Å²) in [5.41, 5.74) is -1.61. The van der Waals surface area contributed by atoms with Crippen LogP contribution in [0.25, 0.3) is 0 Å². The molecule has 31 heavy (non-hydrogen) atoms. The Balaban J connectivity index is 1.96. The number of aliphatic hydroxyl groups excluding tert-OH is 2. The molecule has 1 aliphatic rings. The fraction of sp³-hybridized carbons (Fsp3) is 0.714. The second-order valence-corrected chi connectivity index (χ2v) is 10.8. The number of aromatic nitrogens is 2. The summed E-state index contributed by atoms with van der Waals surface area (Å²) < 4.78 is 43.7. The largest absolute Gasteiger partial charge is 0.481 e. The topological polar surface area (TPSA) is 207 Å². The molecule has 0 bridgehead atoms. The molecule has 1 saturated heterocycles. The van der Waals surface area contributed by atoms with Gasteiger partial charge < -0.3 is 29.2 Å². The molecular formula is C14H26N3O12P2+. The van der Waals surface area contributed by atoms with E-state index in [1.54, 1.807) is 21.1 Å². The number of hydrogen-bond acceptors (Lipinski definition) is 10. The van der Waals surface area contributed by atoms with Gasteiger partial charge in [-0.25, -0.2) is 13.9 Å². The van der Waals surface area contributed by atoms with Crippen molar-refractivity contribution in [1.82, 2.24) is 9.55 Å². The molecule has 1 aliphatic heterocycles. The highest BCUT2D eigenvalue weighted by Crippen LogP contribution is 2.60. The van der Waals surface area contributed by atoms with E-state index < -0.39 is 58.0 Å². The Hall–Kier alpha value is -1.22. The van der Waals surface area contributed by atoms with Crippen molar-refractivity contribution in [2.24, 2.45) is 0 Å². The average Bonchev–Trinajstić information content (AvgIpc) is 2.86. The van der Waals surface area contributed by atoms with Gasteiger partial charge in [-0.15, -0.1) is 0 Å². The molecule has 0 saturated carbocycles. The minimum atomic E-state index is -5.13. The lowest BCUT2D eigenvalue weighted by Crippen LogP contribution is -2.37. The van der Waals surface area contributed by atoms with Crippen LogP contribution in [0.5, 0.6) is 0 Å². The van der Waals surface area contributed by atoms with Crippen LogP contribution < -0.4 is 11.2 Å². The van der Waals surface area contributed by atoms with Crippen LogP contribution in [0.3, 0.4) is 0 Å². The Morgan fingerprint density at radius 1 is 1.13 bits per heavy atom. The molecule has 0 aliphatic carbocycles. The Bertz CT molecular complexity index is 972. The van der Waals surface area contributed by atoms with Crippen LogP contribution >= 0.6 is 15.6 Å². The molecule has 178 valence electrons. The van der Waals surface area contributed by atoms with Crippen LogP contribution in [0, 0.1) is 0 Å². The van der Waals surface area contributed by atoms with Gasteiger partial charge in [-0.1, -0.05) is 0 Å². The maximum Gasteiger partial charge on any atom is 0.481 e. The summed E-state index contributed by atoms with van der Waals surface area (Å²) in [4.78, 5) is 44.2. The molecule has 6 atom stereocenters. The molecule has 17 heteroatoms. The molecule has 2 unspecified atom stereocenters. The predicted octanol–water partition coefficient (Wildman–Crippen LogP) is -1.89. The number of aromatic amines is 1. The zero-order valence-electron chi connectivity index (χ0n) is 16.9. The zero-order chi connectivity index (χ0) is 23.6. The fourth-order valence-electron chi connectivity index (χ4n) is 2.50. The molecule has 5 N–H and O–H groups in total. The van der Waals surface area contributed by atoms with Crippen molar-refractivity contribution in [3.63, 3.8) is 0 Å². The number of quaternary nitrogens is 1. The molecule has 2 heterocycles. The van der Waals surface area contributed by atoms with E-state index in [1.165, 1.54) is 0 Å². The third kappa shape index (κ3) is 7.70. The van der Waals surface area contributed by atoms with Crippen molar-refractivity contribution in [3.8, 4) is 0 Å². The van der Waals surface area contributed by atoms with E-state index in [0.717, 1.165) is 16.8 Å². The second-order valence-electron chi connectivity index (χ2n) is 7.73. The van der Waals surface area contributed by atoms with E-state index in [4.69, 9.17) is 4.74 Å². The van der Waals surface area contributed by atoms with Crippen LogP contribution in [-0.4, -0.2) is 93.2 Å². The second kappa shape index (κ2) is 9.73. The Morgan fingerprint density at radius 2 is 1.74 bits per heavy atom. The van der Waals surface area contributed by atoms with Crippen molar-refractivity contribution in [3.05, 3.63) is 33.1 Å². The van der Waals surface area contributed by atoms with Crippen LogP contribution in [-0.2, 0) is 27.2 Å². The van der Waals surface area contributed by atoms with E-state index in [-0.39, 0.29) is 6.61 Å². The van der Waals surface area contributed by atoms with Gasteiger partial charge in [0.15, 0.2) is 6.23 Å². The van der Waals surface area contributed by atoms with Crippen molar-refractivity contribution >= 4 is 15.6 Å². The van der Waals surface area contributed by atoms with E-state index in [1.807, 2.05) is 4.98 Å². The van der Waals surface area contributed by atoms with Gasteiger partial charge in [0.05, 0.1) is 27.7 Å². The van der Waals surface area contributed by atoms with Crippen LogP contribution in [0.4, 0.5) is 0 Å². The normalized spacial score (nSPS) is 28.2. The third-order valence-corrected chi connectivity index (χ3v) is 6.72. The van der Waals surface area contributed by atoms with Gasteiger partial charge in [0.25, 0.3) is 5.56 Å². The van der Waals surface area contributed by atoms with Crippen LogP contribution in [0.1, 0.15) is 6.23 Å². The lowest BCUT2D eigenvalue weighted by Gasteiger charge is -2.24. The minimum Gasteiger partial charge on any atom is -0.387 e. The van der Waals surface area contributed by atoms with E-state index in [2.05, 4.69) is 13.4 Å². The monoisotopic (exact) mass is 490 g/mol. The Kier molecular flexibility index (Phi) is 8.17. The first-order valence-corrected chi connectivity index (χ1v) is 11.9. The Morgan fingerprint density at radius 3 is 2.32 bits per heavy atom. The Labute approximate surface area is 176 Å². The van der Waals surface area contributed by atoms with Gasteiger partial charge in [-0.05, 0) is 0 Å². The number of rotatable bonds is 10. The first-order chi connectivity index (χ1) is 14.1. The van der Waals surface area contributed by atoms with Gasteiger partial charge in [0, 0.05) is 12.3 Å². The van der Waals surface area contributed by atoms with E-state index >= 15 is 0 Å². The van der Waals surface area contributed by atoms with E-state index in [0.29, 0.717) is 11.0 Å². The van der Waals surface area contributed by atoms with Crippen molar-refractivity contribution in [2.75, 3.05) is 40.9 Å². The quantitative estimate of drug-likeness (QED) is 0.180. The summed E-state index contributed by atoms with van der Waals surface area (Å²) in [5, 5.41) is 20.2. The molecule has 1 aromatic rings. The number of ether oxygens (including phenoxy) is 1. The average molecular weight is 490 g/mol. The van der Waals surface area contributed by atoms with Crippen molar-refractivity contribution in [1.29, 1.82) is 0 Å². The summed E-state index contributed by atoms with van der Waals surface area (Å²) in [7, 11) is -4.69. The summed E-state index contributed by atoms with van der Waals surface area (Å²) in [6.07, 6.45) is -5.14. The number of nitrogens with zero attached hydrogens (tertiary/aromatic N) is 2. The first-order valence-electron chi connectivity index (χ1n) is 8.90. The maximum atomic E-state index is 12.0. The zero-order valence-corrected chi connectivity index (χ0v) is 18.7. The van der Waals surface area contributed by atoms with E-state index in [9.17, 15) is 38.7 Å². The van der Waals surface area contributed by atoms with Gasteiger partial charge in [0.2, 0.25) is 0 Å². The molecule has 0 radical (unpaired) electrons. The van der Waals surface area contributed by atoms with Gasteiger partial charge in [-0.3, -0.25) is 23.4 Å². The summed E-state index contributed by atoms with van der Waals surface area (Å²) in [5.74, 6) is 0. The summed E-state index contributed by atoms with van der Waals surface area (Å²) in [6.45, 7) is -0.793. The minimum absolute atomic E-state index is 0.247. The maximum absolute atomic E-state index is 12.0. The first kappa shape index (κ1) is 26.0. The molecule has 0 amide bonds. The molecule has 15 nitrogen and oxygen atoms in total. The molecule has 0 aromatic carbocycles. The highest BCUT2D eigenvalue weighted by molar-refractivity contribution is 7.61. The molecule has 2 rings (SSSR count). The molecule has 1 aromatic heterocycles. The lowest BCUT2D eigenvalue weighted by atomic mass is 10.1. The SMILES string of the molecule is C[N+](C)(C)CCOP(=O)(O)OP(=O)(O)OC[C@H]1O[C@@H](n2ccc(=O)[nH]c2=O)[C@H](O)[C@@H]1O. The number of H-pyrrole nitrogens is 1. The summed E-state index contributed by atoms with van der Waals surface area (Å²) >= 11 is 0. The number of nitrogens with one attached hydrogen (secondary N) is 1. The third-order valence-electron chi connectivity index (χ3n) is 4.09. The van der Waals surface area contributed by atoms with Crippen molar-refractivity contribution in [2.45, 2.75) is 24.5 Å². The predicted molar refractivity (Wildman–Crippen MR) is 103 cm³/mol. The highest BCUT2D eigenvalue weighted by atomic mass is 31.3. The number of aliphatic hydroxyl groups is 2. The van der Waals surface area contributed by atoms with Gasteiger partial charge in [0.1, 0.15) is 31.5 Å². The van der Waals surface area contributed by atoms with Crippen molar-refractivity contribution < 1.29 is 51.7 Å².